The maximum absolute atomic E-state index is 12.0. The molecule has 0 aliphatic carbocycles. The Morgan fingerprint density at radius 2 is 1.79 bits per heavy atom. The molecule has 2 N–H and O–H groups in total. The number of hydrogen-bond acceptors (Lipinski definition) is 3. The summed E-state index contributed by atoms with van der Waals surface area (Å²) in [5, 5.41) is 7.02. The Balaban J connectivity index is 2.05. The van der Waals surface area contributed by atoms with Gasteiger partial charge in [0.15, 0.2) is 5.11 Å². The molecule has 5 heteroatoms. The van der Waals surface area contributed by atoms with Gasteiger partial charge in [-0.2, -0.15) is 0 Å². The van der Waals surface area contributed by atoms with Gasteiger partial charge in [0.1, 0.15) is 0 Å². The van der Waals surface area contributed by atoms with Gasteiger partial charge in [0.05, 0.1) is 18.2 Å². The van der Waals surface area contributed by atoms with E-state index in [4.69, 9.17) is 17.0 Å². The monoisotopic (exact) mass is 398 g/mol. The highest BCUT2D eigenvalue weighted by atomic mass is 32.1. The first kappa shape index (κ1) is 21.9. The molecular formula is C23H30N2O2S. The molecule has 0 saturated heterocycles. The molecule has 0 aliphatic heterocycles. The van der Waals surface area contributed by atoms with Crippen LogP contribution in [0.4, 0.5) is 5.69 Å². The van der Waals surface area contributed by atoms with Crippen LogP contribution >= 0.6 is 12.2 Å². The topological polar surface area (TPSA) is 50.4 Å². The van der Waals surface area contributed by atoms with Crippen LogP contribution in [0.5, 0.6) is 0 Å². The molecule has 2 aromatic carbocycles. The molecule has 0 spiro atoms. The van der Waals surface area contributed by atoms with Gasteiger partial charge < -0.3 is 15.4 Å². The Bertz CT molecular complexity index is 839. The Kier molecular flexibility index (Phi) is 7.19. The zero-order valence-electron chi connectivity index (χ0n) is 17.6. The summed E-state index contributed by atoms with van der Waals surface area (Å²) in [6.07, 6.45) is 0. The van der Waals surface area contributed by atoms with E-state index < -0.39 is 0 Å². The summed E-state index contributed by atoms with van der Waals surface area (Å²) in [4.78, 5) is 12.0. The minimum Gasteiger partial charge on any atom is -0.462 e. The van der Waals surface area contributed by atoms with Crippen LogP contribution in [-0.2, 0) is 10.2 Å². The normalized spacial score (nSPS) is 12.2. The van der Waals surface area contributed by atoms with Crippen LogP contribution in [0.15, 0.2) is 42.5 Å². The first-order chi connectivity index (χ1) is 13.1. The van der Waals surface area contributed by atoms with Crippen molar-refractivity contribution in [1.82, 2.24) is 5.32 Å². The first-order valence-corrected chi connectivity index (χ1v) is 9.98. The second-order valence-corrected chi connectivity index (χ2v) is 8.35. The number of ether oxygens (including phenoxy) is 1. The van der Waals surface area contributed by atoms with Gasteiger partial charge in [0, 0.05) is 5.69 Å². The zero-order chi connectivity index (χ0) is 20.9. The largest absolute Gasteiger partial charge is 0.462 e. The molecule has 2 aromatic rings. The number of hydrogen-bond donors (Lipinski definition) is 2. The SMILES string of the molecule is CCOC(=O)c1ccc(C)c(NC(=S)N[C@H](C)c2ccc(C(C)(C)C)cc2)c1. The molecule has 4 nitrogen and oxygen atoms in total. The van der Waals surface area contributed by atoms with Crippen molar-refractivity contribution in [2.75, 3.05) is 11.9 Å². The smallest absolute Gasteiger partial charge is 0.338 e. The second kappa shape index (κ2) is 9.20. The van der Waals surface area contributed by atoms with E-state index in [1.165, 1.54) is 5.56 Å². The number of esters is 1. The van der Waals surface area contributed by atoms with Crippen molar-refractivity contribution in [3.05, 3.63) is 64.7 Å². The van der Waals surface area contributed by atoms with E-state index in [2.05, 4.69) is 62.6 Å². The van der Waals surface area contributed by atoms with Gasteiger partial charge in [0.25, 0.3) is 0 Å². The summed E-state index contributed by atoms with van der Waals surface area (Å²) in [5.41, 5.74) is 4.89. The highest BCUT2D eigenvalue weighted by Crippen LogP contribution is 2.24. The molecule has 0 aromatic heterocycles. The minimum absolute atomic E-state index is 0.0579. The molecule has 0 saturated carbocycles. The van der Waals surface area contributed by atoms with Crippen LogP contribution in [0.1, 0.15) is 67.7 Å². The summed E-state index contributed by atoms with van der Waals surface area (Å²) in [5.74, 6) is -0.336. The highest BCUT2D eigenvalue weighted by Gasteiger charge is 2.15. The fraction of sp³-hybridized carbons (Fsp3) is 0.391. The van der Waals surface area contributed by atoms with Crippen molar-refractivity contribution in [2.45, 2.75) is 53.0 Å². The molecule has 150 valence electrons. The van der Waals surface area contributed by atoms with Crippen molar-refractivity contribution in [1.29, 1.82) is 0 Å². The van der Waals surface area contributed by atoms with Crippen LogP contribution in [0.2, 0.25) is 0 Å². The van der Waals surface area contributed by atoms with Crippen LogP contribution in [-0.4, -0.2) is 17.7 Å². The molecule has 28 heavy (non-hydrogen) atoms. The predicted molar refractivity (Wildman–Crippen MR) is 120 cm³/mol. The number of rotatable bonds is 5. The minimum atomic E-state index is -0.336. The third-order valence-corrected chi connectivity index (χ3v) is 4.84. The highest BCUT2D eigenvalue weighted by molar-refractivity contribution is 7.80. The molecule has 0 heterocycles. The number of aryl methyl sites for hydroxylation is 1. The molecule has 0 aliphatic rings. The van der Waals surface area contributed by atoms with Crippen LogP contribution in [0.25, 0.3) is 0 Å². The summed E-state index contributed by atoms with van der Waals surface area (Å²) in [7, 11) is 0. The number of thiocarbonyl (C=S) groups is 1. The van der Waals surface area contributed by atoms with Crippen LogP contribution in [0.3, 0.4) is 0 Å². The van der Waals surface area contributed by atoms with E-state index in [1.807, 2.05) is 13.0 Å². The van der Waals surface area contributed by atoms with E-state index in [1.54, 1.807) is 19.1 Å². The fourth-order valence-corrected chi connectivity index (χ4v) is 3.09. The van der Waals surface area contributed by atoms with Gasteiger partial charge in [-0.3, -0.25) is 0 Å². The van der Waals surface area contributed by atoms with Gasteiger partial charge in [-0.1, -0.05) is 51.1 Å². The van der Waals surface area contributed by atoms with Gasteiger partial charge in [0.2, 0.25) is 0 Å². The van der Waals surface area contributed by atoms with E-state index >= 15 is 0 Å². The van der Waals surface area contributed by atoms with Crippen LogP contribution < -0.4 is 10.6 Å². The van der Waals surface area contributed by atoms with Crippen molar-refractivity contribution in [3.8, 4) is 0 Å². The average Bonchev–Trinajstić information content (AvgIpc) is 2.63. The van der Waals surface area contributed by atoms with Gasteiger partial charge >= 0.3 is 5.97 Å². The van der Waals surface area contributed by atoms with Crippen molar-refractivity contribution in [3.63, 3.8) is 0 Å². The first-order valence-electron chi connectivity index (χ1n) is 9.57. The molecule has 0 unspecified atom stereocenters. The molecule has 0 radical (unpaired) electrons. The number of carbonyl (C=O) groups excluding carboxylic acids is 1. The Hall–Kier alpha value is -2.40. The molecular weight excluding hydrogens is 368 g/mol. The van der Waals surface area contributed by atoms with E-state index in [0.717, 1.165) is 16.8 Å². The van der Waals surface area contributed by atoms with E-state index in [-0.39, 0.29) is 17.4 Å². The average molecular weight is 399 g/mol. The zero-order valence-corrected chi connectivity index (χ0v) is 18.4. The maximum Gasteiger partial charge on any atom is 0.338 e. The number of anilines is 1. The lowest BCUT2D eigenvalue weighted by atomic mass is 9.86. The van der Waals surface area contributed by atoms with Gasteiger partial charge in [-0.05, 0) is 67.2 Å². The number of nitrogens with one attached hydrogen (secondary N) is 2. The number of carbonyl (C=O) groups is 1. The Morgan fingerprint density at radius 3 is 2.36 bits per heavy atom. The molecule has 0 fully saturated rings. The fourth-order valence-electron chi connectivity index (χ4n) is 2.81. The molecule has 1 atom stereocenters. The lowest BCUT2D eigenvalue weighted by Crippen LogP contribution is -2.31. The van der Waals surface area contributed by atoms with Crippen molar-refractivity contribution >= 4 is 29.0 Å². The summed E-state index contributed by atoms with van der Waals surface area (Å²) >= 11 is 5.48. The maximum atomic E-state index is 12.0. The predicted octanol–water partition coefficient (Wildman–Crippen LogP) is 5.52. The summed E-state index contributed by atoms with van der Waals surface area (Å²) in [6, 6.07) is 14.1. The summed E-state index contributed by atoms with van der Waals surface area (Å²) < 4.78 is 5.07. The quantitative estimate of drug-likeness (QED) is 0.513. The third-order valence-electron chi connectivity index (χ3n) is 4.62. The Morgan fingerprint density at radius 1 is 1.14 bits per heavy atom. The van der Waals surface area contributed by atoms with E-state index in [0.29, 0.717) is 17.3 Å². The Labute approximate surface area is 173 Å². The van der Waals surface area contributed by atoms with Gasteiger partial charge in [-0.15, -0.1) is 0 Å². The molecule has 0 bridgehead atoms. The van der Waals surface area contributed by atoms with E-state index in [9.17, 15) is 4.79 Å². The molecule has 0 amide bonds. The summed E-state index contributed by atoms with van der Waals surface area (Å²) in [6.45, 7) is 12.8. The van der Waals surface area contributed by atoms with Crippen LogP contribution in [0, 0.1) is 6.92 Å². The second-order valence-electron chi connectivity index (χ2n) is 7.94. The third kappa shape index (κ3) is 5.80. The lowest BCUT2D eigenvalue weighted by molar-refractivity contribution is 0.0526. The lowest BCUT2D eigenvalue weighted by Gasteiger charge is -2.22. The molecule has 2 rings (SSSR count). The van der Waals surface area contributed by atoms with Crippen molar-refractivity contribution < 1.29 is 9.53 Å². The number of benzene rings is 2. The van der Waals surface area contributed by atoms with Crippen molar-refractivity contribution in [2.24, 2.45) is 0 Å². The van der Waals surface area contributed by atoms with Gasteiger partial charge in [-0.25, -0.2) is 4.79 Å². The standard InChI is InChI=1S/C23H30N2O2S/c1-7-27-21(26)18-9-8-15(2)20(14-18)25-22(28)24-16(3)17-10-12-19(13-11-17)23(4,5)6/h8-14,16H,7H2,1-6H3,(H2,24,25,28)/t16-/m1/s1.